The van der Waals surface area contributed by atoms with Gasteiger partial charge in [-0.2, -0.15) is 0 Å². The van der Waals surface area contributed by atoms with Crippen molar-refractivity contribution in [2.75, 3.05) is 12.3 Å². The number of hydrogen-bond acceptors (Lipinski definition) is 3. The summed E-state index contributed by atoms with van der Waals surface area (Å²) in [6.07, 6.45) is 2.11. The Labute approximate surface area is 126 Å². The summed E-state index contributed by atoms with van der Waals surface area (Å²) in [5, 5.41) is 0. The number of hydrogen-bond donors (Lipinski definition) is 1. The van der Waals surface area contributed by atoms with Crippen molar-refractivity contribution in [3.05, 3.63) is 22.4 Å². The molecule has 0 unspecified atom stereocenters. The molecule has 1 heterocycles. The molecular weight excluding hydrogens is 325 g/mol. The minimum absolute atomic E-state index is 0.251. The highest BCUT2D eigenvalue weighted by molar-refractivity contribution is 9.10. The SMILES string of the molecule is CC(C)OCCCCn1c(N)nc2cc(Br)c(F)cc21. The van der Waals surface area contributed by atoms with Gasteiger partial charge in [-0.05, 0) is 48.7 Å². The third kappa shape index (κ3) is 3.49. The molecule has 4 nitrogen and oxygen atoms in total. The van der Waals surface area contributed by atoms with Gasteiger partial charge in [0, 0.05) is 19.2 Å². The summed E-state index contributed by atoms with van der Waals surface area (Å²) in [5.74, 6) is 0.115. The number of imidazole rings is 1. The van der Waals surface area contributed by atoms with Crippen LogP contribution in [0.25, 0.3) is 11.0 Å². The van der Waals surface area contributed by atoms with E-state index in [4.69, 9.17) is 10.5 Å². The van der Waals surface area contributed by atoms with Gasteiger partial charge in [0.2, 0.25) is 5.95 Å². The number of nitrogen functional groups attached to an aromatic ring is 1. The number of unbranched alkanes of at least 4 members (excludes halogenated alkanes) is 1. The van der Waals surface area contributed by atoms with E-state index in [0.29, 0.717) is 22.5 Å². The number of rotatable bonds is 6. The van der Waals surface area contributed by atoms with Crippen molar-refractivity contribution in [3.63, 3.8) is 0 Å². The third-order valence-electron chi connectivity index (χ3n) is 3.05. The normalized spacial score (nSPS) is 11.7. The molecule has 110 valence electrons. The van der Waals surface area contributed by atoms with Gasteiger partial charge in [-0.1, -0.05) is 0 Å². The second-order valence-electron chi connectivity index (χ2n) is 5.00. The largest absolute Gasteiger partial charge is 0.379 e. The van der Waals surface area contributed by atoms with E-state index in [-0.39, 0.29) is 11.9 Å². The second-order valence-corrected chi connectivity index (χ2v) is 5.86. The quantitative estimate of drug-likeness (QED) is 0.813. The Morgan fingerprint density at radius 2 is 2.15 bits per heavy atom. The van der Waals surface area contributed by atoms with E-state index in [1.54, 1.807) is 6.07 Å². The van der Waals surface area contributed by atoms with E-state index < -0.39 is 0 Å². The smallest absolute Gasteiger partial charge is 0.201 e. The molecule has 1 aromatic carbocycles. The summed E-state index contributed by atoms with van der Waals surface area (Å²) in [5.41, 5.74) is 7.33. The molecule has 0 aliphatic rings. The van der Waals surface area contributed by atoms with Crippen LogP contribution in [0.15, 0.2) is 16.6 Å². The van der Waals surface area contributed by atoms with E-state index in [0.717, 1.165) is 25.0 Å². The van der Waals surface area contributed by atoms with Crippen LogP contribution < -0.4 is 5.73 Å². The van der Waals surface area contributed by atoms with Crippen molar-refractivity contribution >= 4 is 32.9 Å². The predicted molar refractivity (Wildman–Crippen MR) is 82.1 cm³/mol. The molecule has 0 fully saturated rings. The molecule has 0 bridgehead atoms. The Hall–Kier alpha value is -1.14. The second kappa shape index (κ2) is 6.54. The number of halogens is 2. The number of anilines is 1. The van der Waals surface area contributed by atoms with Crippen LogP contribution in [0.4, 0.5) is 10.3 Å². The van der Waals surface area contributed by atoms with Gasteiger partial charge in [0.05, 0.1) is 21.6 Å². The zero-order valence-electron chi connectivity index (χ0n) is 11.7. The van der Waals surface area contributed by atoms with Gasteiger partial charge >= 0.3 is 0 Å². The number of fused-ring (bicyclic) bond motifs is 1. The highest BCUT2D eigenvalue weighted by Crippen LogP contribution is 2.25. The molecule has 6 heteroatoms. The van der Waals surface area contributed by atoms with Crippen LogP contribution in [-0.4, -0.2) is 22.3 Å². The van der Waals surface area contributed by atoms with Gasteiger partial charge < -0.3 is 15.0 Å². The van der Waals surface area contributed by atoms with Gasteiger partial charge in [0.1, 0.15) is 5.82 Å². The highest BCUT2D eigenvalue weighted by Gasteiger charge is 2.11. The van der Waals surface area contributed by atoms with Crippen LogP contribution in [0.1, 0.15) is 26.7 Å². The fraction of sp³-hybridized carbons (Fsp3) is 0.500. The predicted octanol–water partition coefficient (Wildman–Crippen LogP) is 3.73. The maximum Gasteiger partial charge on any atom is 0.201 e. The van der Waals surface area contributed by atoms with E-state index in [2.05, 4.69) is 20.9 Å². The first-order valence-electron chi connectivity index (χ1n) is 6.71. The Bertz CT molecular complexity index is 598. The molecule has 0 saturated heterocycles. The maximum absolute atomic E-state index is 13.6. The lowest BCUT2D eigenvalue weighted by molar-refractivity contribution is 0.0755. The van der Waals surface area contributed by atoms with Crippen molar-refractivity contribution in [3.8, 4) is 0 Å². The van der Waals surface area contributed by atoms with E-state index in [9.17, 15) is 4.39 Å². The fourth-order valence-electron chi connectivity index (χ4n) is 2.06. The lowest BCUT2D eigenvalue weighted by atomic mass is 10.3. The lowest BCUT2D eigenvalue weighted by Crippen LogP contribution is -2.07. The first kappa shape index (κ1) is 15.3. The molecule has 0 spiro atoms. The first-order valence-corrected chi connectivity index (χ1v) is 7.50. The molecule has 0 radical (unpaired) electrons. The summed E-state index contributed by atoms with van der Waals surface area (Å²) in [4.78, 5) is 4.25. The Balaban J connectivity index is 2.06. The molecule has 0 atom stereocenters. The van der Waals surface area contributed by atoms with Gasteiger partial charge in [0.15, 0.2) is 0 Å². The zero-order valence-corrected chi connectivity index (χ0v) is 13.3. The van der Waals surface area contributed by atoms with Crippen LogP contribution >= 0.6 is 15.9 Å². The average Bonchev–Trinajstić information content (AvgIpc) is 2.65. The Morgan fingerprint density at radius 3 is 2.85 bits per heavy atom. The number of aryl methyl sites for hydroxylation is 1. The zero-order chi connectivity index (χ0) is 14.7. The lowest BCUT2D eigenvalue weighted by Gasteiger charge is -2.09. The molecule has 2 rings (SSSR count). The monoisotopic (exact) mass is 343 g/mol. The number of nitrogens with zero attached hydrogens (tertiary/aromatic N) is 2. The van der Waals surface area contributed by atoms with Crippen molar-refractivity contribution < 1.29 is 9.13 Å². The van der Waals surface area contributed by atoms with E-state index >= 15 is 0 Å². The van der Waals surface area contributed by atoms with Crippen LogP contribution in [0.5, 0.6) is 0 Å². The van der Waals surface area contributed by atoms with Gasteiger partial charge in [0.25, 0.3) is 0 Å². The summed E-state index contributed by atoms with van der Waals surface area (Å²) in [6.45, 7) is 5.47. The number of nitrogens with two attached hydrogens (primary N) is 1. The minimum Gasteiger partial charge on any atom is -0.379 e. The van der Waals surface area contributed by atoms with Crippen molar-refractivity contribution in [1.82, 2.24) is 9.55 Å². The molecule has 2 N–H and O–H groups in total. The highest BCUT2D eigenvalue weighted by atomic mass is 79.9. The van der Waals surface area contributed by atoms with Crippen molar-refractivity contribution in [2.24, 2.45) is 0 Å². The maximum atomic E-state index is 13.6. The van der Waals surface area contributed by atoms with Gasteiger partial charge in [-0.3, -0.25) is 0 Å². The van der Waals surface area contributed by atoms with Crippen molar-refractivity contribution in [1.29, 1.82) is 0 Å². The van der Waals surface area contributed by atoms with Crippen molar-refractivity contribution in [2.45, 2.75) is 39.3 Å². The third-order valence-corrected chi connectivity index (χ3v) is 3.65. The number of benzene rings is 1. The number of ether oxygens (including phenoxy) is 1. The first-order chi connectivity index (χ1) is 9.49. The molecule has 0 saturated carbocycles. The summed E-state index contributed by atoms with van der Waals surface area (Å²) >= 11 is 3.16. The Morgan fingerprint density at radius 1 is 1.40 bits per heavy atom. The van der Waals surface area contributed by atoms with Crippen LogP contribution in [0.3, 0.4) is 0 Å². The summed E-state index contributed by atoms with van der Waals surface area (Å²) < 4.78 is 21.4. The van der Waals surface area contributed by atoms with E-state index in [1.165, 1.54) is 6.07 Å². The van der Waals surface area contributed by atoms with E-state index in [1.807, 2.05) is 18.4 Å². The van der Waals surface area contributed by atoms with Crippen LogP contribution in [0.2, 0.25) is 0 Å². The molecule has 2 aromatic rings. The van der Waals surface area contributed by atoms with Crippen LogP contribution in [-0.2, 0) is 11.3 Å². The minimum atomic E-state index is -0.304. The molecule has 0 amide bonds. The van der Waals surface area contributed by atoms with Crippen LogP contribution in [0, 0.1) is 5.82 Å². The Kier molecular flexibility index (Phi) is 4.99. The standard InChI is InChI=1S/C14H19BrFN3O/c1-9(2)20-6-4-3-5-19-13-8-11(16)10(15)7-12(13)18-14(19)17/h7-9H,3-6H2,1-2H3,(H2,17,18). The average molecular weight is 344 g/mol. The number of aromatic nitrogens is 2. The molecule has 20 heavy (non-hydrogen) atoms. The molecule has 0 aliphatic heterocycles. The molecule has 0 aliphatic carbocycles. The fourth-order valence-corrected chi connectivity index (χ4v) is 2.40. The summed E-state index contributed by atoms with van der Waals surface area (Å²) in [7, 11) is 0. The topological polar surface area (TPSA) is 53.1 Å². The molecular formula is C14H19BrFN3O. The molecule has 1 aromatic heterocycles. The van der Waals surface area contributed by atoms with Gasteiger partial charge in [-0.25, -0.2) is 9.37 Å². The van der Waals surface area contributed by atoms with Gasteiger partial charge in [-0.15, -0.1) is 0 Å². The summed E-state index contributed by atoms with van der Waals surface area (Å²) in [6, 6.07) is 3.12.